The maximum absolute atomic E-state index is 10.7. The second-order valence-corrected chi connectivity index (χ2v) is 5.40. The summed E-state index contributed by atoms with van der Waals surface area (Å²) >= 11 is 0.148. The Kier molecular flexibility index (Phi) is 2.12. The molecule has 80 valence electrons. The summed E-state index contributed by atoms with van der Waals surface area (Å²) in [5.74, 6) is 0. The number of hydrogen-bond acceptors (Lipinski definition) is 4. The van der Waals surface area contributed by atoms with Crippen LogP contribution in [0.25, 0.3) is 11.3 Å². The van der Waals surface area contributed by atoms with E-state index in [0.29, 0.717) is 0 Å². The average molecular weight is 280 g/mol. The van der Waals surface area contributed by atoms with E-state index in [1.807, 2.05) is 0 Å². The number of nitrogens with zero attached hydrogens (tertiary/aromatic N) is 3. The van der Waals surface area contributed by atoms with Gasteiger partial charge in [-0.2, -0.15) is 0 Å². The zero-order valence-corrected chi connectivity index (χ0v) is 9.93. The van der Waals surface area contributed by atoms with Crippen LogP contribution in [0.5, 0.6) is 0 Å². The molecule has 1 heterocycles. The van der Waals surface area contributed by atoms with Crippen LogP contribution in [-0.2, 0) is 12.8 Å². The summed E-state index contributed by atoms with van der Waals surface area (Å²) in [4.78, 5) is 10.3. The van der Waals surface area contributed by atoms with E-state index in [1.54, 1.807) is 12.1 Å². The van der Waals surface area contributed by atoms with E-state index >= 15 is 0 Å². The first-order chi connectivity index (χ1) is 7.75. The van der Waals surface area contributed by atoms with Gasteiger partial charge in [0.05, 0.1) is 0 Å². The quantitative estimate of drug-likeness (QED) is 0.447. The van der Waals surface area contributed by atoms with Crippen LogP contribution in [0.1, 0.15) is 10.0 Å². The number of hydrogen-bond donors (Lipinski definition) is 0. The van der Waals surface area contributed by atoms with Crippen LogP contribution >= 0.6 is 0 Å². The number of benzene rings is 1. The molecule has 0 aliphatic heterocycles. The zero-order valence-electron chi connectivity index (χ0n) is 8.21. The molecule has 0 saturated carbocycles. The molecule has 5 nitrogen and oxygen atoms in total. The third kappa shape index (κ3) is 1.38. The Morgan fingerprint density at radius 3 is 3.06 bits per heavy atom. The predicted molar refractivity (Wildman–Crippen MR) is 58.5 cm³/mol. The molecular formula is C10H7N3O2Se. The van der Waals surface area contributed by atoms with Crippen molar-refractivity contribution in [3.05, 3.63) is 38.3 Å². The number of rotatable bonds is 1. The summed E-state index contributed by atoms with van der Waals surface area (Å²) in [6, 6.07) is 4.98. The number of aromatic nitrogens is 2. The van der Waals surface area contributed by atoms with E-state index in [9.17, 15) is 10.1 Å². The molecule has 3 rings (SSSR count). The summed E-state index contributed by atoms with van der Waals surface area (Å²) < 4.78 is 5.38. The first-order valence-electron chi connectivity index (χ1n) is 4.84. The molecule has 1 aliphatic carbocycles. The molecule has 0 unspecified atom stereocenters. The van der Waals surface area contributed by atoms with Crippen molar-refractivity contribution < 1.29 is 4.92 Å². The van der Waals surface area contributed by atoms with E-state index in [2.05, 4.69) is 9.19 Å². The predicted octanol–water partition coefficient (Wildman–Crippen LogP) is 1.21. The van der Waals surface area contributed by atoms with Gasteiger partial charge in [-0.25, -0.2) is 0 Å². The van der Waals surface area contributed by atoms with Crippen LogP contribution in [0.15, 0.2) is 18.2 Å². The van der Waals surface area contributed by atoms with Crippen LogP contribution in [0, 0.1) is 10.1 Å². The first kappa shape index (κ1) is 9.69. The molecule has 0 spiro atoms. The second kappa shape index (κ2) is 3.50. The van der Waals surface area contributed by atoms with E-state index in [1.165, 1.54) is 10.5 Å². The van der Waals surface area contributed by atoms with Gasteiger partial charge in [0, 0.05) is 0 Å². The van der Waals surface area contributed by atoms with Gasteiger partial charge < -0.3 is 0 Å². The van der Waals surface area contributed by atoms with Crippen molar-refractivity contribution >= 4 is 20.4 Å². The van der Waals surface area contributed by atoms with Gasteiger partial charge in [-0.3, -0.25) is 0 Å². The Labute approximate surface area is 97.3 Å². The molecule has 0 amide bonds. The summed E-state index contributed by atoms with van der Waals surface area (Å²) in [5.41, 5.74) is 3.15. The van der Waals surface area contributed by atoms with Crippen molar-refractivity contribution in [2.75, 3.05) is 0 Å². The van der Waals surface area contributed by atoms with Gasteiger partial charge in [0.1, 0.15) is 0 Å². The molecule has 0 saturated heterocycles. The Morgan fingerprint density at radius 2 is 2.25 bits per heavy atom. The maximum atomic E-state index is 10.7. The third-order valence-corrected chi connectivity index (χ3v) is 4.37. The second-order valence-electron chi connectivity index (χ2n) is 3.64. The van der Waals surface area contributed by atoms with Gasteiger partial charge in [0.25, 0.3) is 0 Å². The SMILES string of the molecule is O=[N+]([O-])c1ccc2c(c1)CCc1[se]nnc1-2. The van der Waals surface area contributed by atoms with Crippen LogP contribution < -0.4 is 0 Å². The number of nitro benzene ring substituents is 1. The first-order valence-corrected chi connectivity index (χ1v) is 6.47. The van der Waals surface area contributed by atoms with Crippen molar-refractivity contribution in [1.82, 2.24) is 9.19 Å². The number of aryl methyl sites for hydroxylation is 2. The number of non-ortho nitro benzene ring substituents is 1. The molecule has 6 heteroatoms. The van der Waals surface area contributed by atoms with E-state index < -0.39 is 0 Å². The number of fused-ring (bicyclic) bond motifs is 3. The normalized spacial score (nSPS) is 13.0. The van der Waals surface area contributed by atoms with Crippen molar-refractivity contribution in [3.8, 4) is 11.3 Å². The number of nitro groups is 1. The minimum atomic E-state index is -0.357. The van der Waals surface area contributed by atoms with Crippen LogP contribution in [0.2, 0.25) is 0 Å². The Bertz CT molecular complexity index is 579. The van der Waals surface area contributed by atoms with Gasteiger partial charge >= 0.3 is 96.9 Å². The Hall–Kier alpha value is -1.52. The molecule has 0 bridgehead atoms. The Balaban J connectivity index is 2.17. The van der Waals surface area contributed by atoms with Crippen LogP contribution in [0.4, 0.5) is 5.69 Å². The summed E-state index contributed by atoms with van der Waals surface area (Å²) in [6.45, 7) is 0. The molecule has 0 N–H and O–H groups in total. The molecular weight excluding hydrogens is 273 g/mol. The molecule has 0 radical (unpaired) electrons. The fourth-order valence-electron chi connectivity index (χ4n) is 1.96. The van der Waals surface area contributed by atoms with Crippen molar-refractivity contribution in [1.29, 1.82) is 0 Å². The van der Waals surface area contributed by atoms with Crippen molar-refractivity contribution in [2.24, 2.45) is 0 Å². The summed E-state index contributed by atoms with van der Waals surface area (Å²) in [6.07, 6.45) is 1.80. The van der Waals surface area contributed by atoms with E-state index in [-0.39, 0.29) is 25.3 Å². The van der Waals surface area contributed by atoms with Gasteiger partial charge in [-0.05, 0) is 0 Å². The van der Waals surface area contributed by atoms with E-state index in [4.69, 9.17) is 0 Å². The van der Waals surface area contributed by atoms with Crippen molar-refractivity contribution in [2.45, 2.75) is 12.8 Å². The monoisotopic (exact) mass is 281 g/mol. The van der Waals surface area contributed by atoms with Gasteiger partial charge in [-0.15, -0.1) is 0 Å². The standard InChI is InChI=1S/C10H7N3O2Se/c14-13(15)7-2-3-8-6(5-7)1-4-9-10(8)11-12-16-9/h2-3,5H,1,4H2. The van der Waals surface area contributed by atoms with Gasteiger partial charge in [0.15, 0.2) is 0 Å². The minimum absolute atomic E-state index is 0.148. The molecule has 1 aromatic heterocycles. The van der Waals surface area contributed by atoms with Crippen molar-refractivity contribution in [3.63, 3.8) is 0 Å². The van der Waals surface area contributed by atoms with E-state index in [0.717, 1.165) is 29.7 Å². The molecule has 1 aromatic carbocycles. The van der Waals surface area contributed by atoms with Crippen LogP contribution in [0.3, 0.4) is 0 Å². The molecule has 2 aromatic rings. The Morgan fingerprint density at radius 1 is 1.38 bits per heavy atom. The van der Waals surface area contributed by atoms with Gasteiger partial charge in [-0.1, -0.05) is 0 Å². The molecule has 0 fully saturated rings. The topological polar surface area (TPSA) is 68.9 Å². The molecule has 0 atom stereocenters. The summed E-state index contributed by atoms with van der Waals surface area (Å²) in [7, 11) is 0. The average Bonchev–Trinajstić information content (AvgIpc) is 2.76. The van der Waals surface area contributed by atoms with Crippen LogP contribution in [-0.4, -0.2) is 28.8 Å². The zero-order chi connectivity index (χ0) is 11.1. The third-order valence-electron chi connectivity index (χ3n) is 2.73. The van der Waals surface area contributed by atoms with Gasteiger partial charge in [0.2, 0.25) is 0 Å². The summed E-state index contributed by atoms with van der Waals surface area (Å²) in [5, 5.41) is 14.8. The fourth-order valence-corrected chi connectivity index (χ4v) is 3.32. The molecule has 1 aliphatic rings. The molecule has 16 heavy (non-hydrogen) atoms. The fraction of sp³-hybridized carbons (Fsp3) is 0.200.